The molecule has 0 N–H and O–H groups in total. The van der Waals surface area contributed by atoms with Crippen LogP contribution in [0.3, 0.4) is 0 Å². The van der Waals surface area contributed by atoms with E-state index in [-0.39, 0.29) is 0 Å². The Hall–Kier alpha value is -1.80. The summed E-state index contributed by atoms with van der Waals surface area (Å²) in [5, 5.41) is 0. The summed E-state index contributed by atoms with van der Waals surface area (Å²) >= 11 is 0. The molecular weight excluding hydrogens is 294 g/mol. The fourth-order valence-corrected chi connectivity index (χ4v) is 4.69. The molecule has 0 bridgehead atoms. The Labute approximate surface area is 145 Å². The highest BCUT2D eigenvalue weighted by atomic mass is 16.5. The van der Waals surface area contributed by atoms with E-state index in [2.05, 4.69) is 53.4 Å². The summed E-state index contributed by atoms with van der Waals surface area (Å²) in [6, 6.07) is 19.6. The Morgan fingerprint density at radius 2 is 1.71 bits per heavy atom. The first kappa shape index (κ1) is 15.7. The van der Waals surface area contributed by atoms with Crippen LogP contribution in [0.25, 0.3) is 0 Å². The van der Waals surface area contributed by atoms with Gasteiger partial charge in [-0.3, -0.25) is 0 Å². The van der Waals surface area contributed by atoms with Crippen molar-refractivity contribution in [3.63, 3.8) is 0 Å². The lowest BCUT2D eigenvalue weighted by molar-refractivity contribution is 0.310. The van der Waals surface area contributed by atoms with Crippen molar-refractivity contribution in [2.24, 2.45) is 11.8 Å². The van der Waals surface area contributed by atoms with Crippen LogP contribution < -0.4 is 4.74 Å². The van der Waals surface area contributed by atoms with Crippen LogP contribution in [0.15, 0.2) is 54.6 Å². The van der Waals surface area contributed by atoms with Crippen molar-refractivity contribution < 1.29 is 4.74 Å². The summed E-state index contributed by atoms with van der Waals surface area (Å²) in [6.07, 6.45) is 3.88. The Balaban J connectivity index is 1.29. The van der Waals surface area contributed by atoms with Gasteiger partial charge in [0.05, 0.1) is 7.11 Å². The third-order valence-corrected chi connectivity index (χ3v) is 5.95. The van der Waals surface area contributed by atoms with Gasteiger partial charge in [0.25, 0.3) is 0 Å². The quantitative estimate of drug-likeness (QED) is 0.811. The third kappa shape index (κ3) is 3.34. The molecule has 126 valence electrons. The number of rotatable bonds is 5. The van der Waals surface area contributed by atoms with Gasteiger partial charge in [-0.15, -0.1) is 0 Å². The molecule has 0 amide bonds. The number of fused-ring (bicyclic) bond motifs is 1. The Bertz CT molecular complexity index is 655. The third-order valence-electron chi connectivity index (χ3n) is 5.95. The van der Waals surface area contributed by atoms with Crippen LogP contribution >= 0.6 is 0 Å². The highest BCUT2D eigenvalue weighted by Gasteiger charge is 2.40. The van der Waals surface area contributed by atoms with Crippen LogP contribution in [-0.4, -0.2) is 31.6 Å². The second-order valence-electron chi connectivity index (χ2n) is 7.46. The molecular formula is C22H27NO. The second-order valence-corrected chi connectivity index (χ2v) is 7.46. The number of hydrogen-bond acceptors (Lipinski definition) is 2. The zero-order valence-corrected chi connectivity index (χ0v) is 14.5. The summed E-state index contributed by atoms with van der Waals surface area (Å²) < 4.78 is 5.33. The molecule has 0 aromatic heterocycles. The average molecular weight is 321 g/mol. The molecule has 2 nitrogen and oxygen atoms in total. The minimum Gasteiger partial charge on any atom is -0.497 e. The largest absolute Gasteiger partial charge is 0.497 e. The van der Waals surface area contributed by atoms with Crippen molar-refractivity contribution in [3.8, 4) is 5.75 Å². The highest BCUT2D eigenvalue weighted by Crippen LogP contribution is 2.46. The van der Waals surface area contributed by atoms with E-state index in [9.17, 15) is 0 Å². The van der Waals surface area contributed by atoms with Crippen LogP contribution in [-0.2, 0) is 6.42 Å². The van der Waals surface area contributed by atoms with Crippen LogP contribution in [0.1, 0.15) is 29.9 Å². The van der Waals surface area contributed by atoms with Gasteiger partial charge >= 0.3 is 0 Å². The van der Waals surface area contributed by atoms with E-state index in [1.165, 1.54) is 38.0 Å². The molecule has 0 radical (unpaired) electrons. The van der Waals surface area contributed by atoms with Gasteiger partial charge in [-0.05, 0) is 60.3 Å². The van der Waals surface area contributed by atoms with Crippen molar-refractivity contribution in [1.29, 1.82) is 0 Å². The molecule has 1 unspecified atom stereocenters. The summed E-state index contributed by atoms with van der Waals surface area (Å²) in [5.41, 5.74) is 2.93. The fourth-order valence-electron chi connectivity index (χ4n) is 4.69. The van der Waals surface area contributed by atoms with Crippen LogP contribution in [0.5, 0.6) is 5.75 Å². The van der Waals surface area contributed by atoms with E-state index in [4.69, 9.17) is 4.74 Å². The maximum atomic E-state index is 5.33. The molecule has 1 heterocycles. The second kappa shape index (κ2) is 6.98. The molecule has 2 aromatic carbocycles. The smallest absolute Gasteiger partial charge is 0.119 e. The maximum absolute atomic E-state index is 5.33. The predicted molar refractivity (Wildman–Crippen MR) is 98.5 cm³/mol. The number of nitrogens with zero attached hydrogens (tertiary/aromatic N) is 1. The molecule has 1 aliphatic heterocycles. The van der Waals surface area contributed by atoms with Crippen molar-refractivity contribution in [2.45, 2.75) is 25.2 Å². The molecule has 4 rings (SSSR count). The minimum absolute atomic E-state index is 0.793. The van der Waals surface area contributed by atoms with E-state index in [1.54, 1.807) is 12.7 Å². The SMILES string of the molecule is COc1cccc(CCN2C[C@H]3CC(c4ccccc4)C[C@H]3C2)c1. The normalized spacial score (nSPS) is 26.5. The van der Waals surface area contributed by atoms with Gasteiger partial charge in [0.15, 0.2) is 0 Å². The van der Waals surface area contributed by atoms with Crippen LogP contribution in [0.2, 0.25) is 0 Å². The number of likely N-dealkylation sites (tertiary alicyclic amines) is 1. The van der Waals surface area contributed by atoms with Gasteiger partial charge in [-0.2, -0.15) is 0 Å². The summed E-state index contributed by atoms with van der Waals surface area (Å²) in [4.78, 5) is 2.68. The van der Waals surface area contributed by atoms with E-state index in [0.29, 0.717) is 0 Å². The van der Waals surface area contributed by atoms with Crippen molar-refractivity contribution in [1.82, 2.24) is 4.90 Å². The van der Waals surface area contributed by atoms with Crippen LogP contribution in [0, 0.1) is 11.8 Å². The van der Waals surface area contributed by atoms with Crippen LogP contribution in [0.4, 0.5) is 0 Å². The lowest BCUT2D eigenvalue weighted by atomic mass is 9.96. The van der Waals surface area contributed by atoms with E-state index in [0.717, 1.165) is 29.9 Å². The number of ether oxygens (including phenoxy) is 1. The summed E-state index contributed by atoms with van der Waals surface area (Å²) in [5.74, 6) is 3.57. The Morgan fingerprint density at radius 1 is 0.958 bits per heavy atom. The van der Waals surface area contributed by atoms with Gasteiger partial charge in [0.2, 0.25) is 0 Å². The molecule has 0 spiro atoms. The van der Waals surface area contributed by atoms with Crippen molar-refractivity contribution in [2.75, 3.05) is 26.7 Å². The summed E-state index contributed by atoms with van der Waals surface area (Å²) in [6.45, 7) is 3.76. The molecule has 24 heavy (non-hydrogen) atoms. The minimum atomic E-state index is 0.793. The Kier molecular flexibility index (Phi) is 4.57. The topological polar surface area (TPSA) is 12.5 Å². The first-order valence-electron chi connectivity index (χ1n) is 9.22. The van der Waals surface area contributed by atoms with E-state index < -0.39 is 0 Å². The first-order chi connectivity index (χ1) is 11.8. The Morgan fingerprint density at radius 3 is 2.42 bits per heavy atom. The standard InChI is InChI=1S/C22H27NO/c1-24-22-9-5-6-17(12-22)10-11-23-15-20-13-19(14-21(20)16-23)18-7-3-2-4-8-18/h2-9,12,19-21H,10-11,13-16H2,1H3/t19?,20-,21+. The lowest BCUT2D eigenvalue weighted by Crippen LogP contribution is -2.24. The van der Waals surface area contributed by atoms with E-state index in [1.807, 2.05) is 6.07 Å². The molecule has 1 saturated carbocycles. The molecule has 1 saturated heterocycles. The average Bonchev–Trinajstić information content (AvgIpc) is 3.19. The van der Waals surface area contributed by atoms with Gasteiger partial charge in [0, 0.05) is 19.6 Å². The maximum Gasteiger partial charge on any atom is 0.119 e. The van der Waals surface area contributed by atoms with Crippen molar-refractivity contribution >= 4 is 0 Å². The van der Waals surface area contributed by atoms with Gasteiger partial charge < -0.3 is 9.64 Å². The fraction of sp³-hybridized carbons (Fsp3) is 0.455. The zero-order valence-electron chi connectivity index (χ0n) is 14.5. The number of methoxy groups -OCH3 is 1. The lowest BCUT2D eigenvalue weighted by Gasteiger charge is -2.19. The van der Waals surface area contributed by atoms with Gasteiger partial charge in [0.1, 0.15) is 5.75 Å². The molecule has 2 aromatic rings. The number of hydrogen-bond donors (Lipinski definition) is 0. The summed E-state index contributed by atoms with van der Waals surface area (Å²) in [7, 11) is 1.74. The number of benzene rings is 2. The predicted octanol–water partition coefficient (Wildman–Crippen LogP) is 4.36. The van der Waals surface area contributed by atoms with Gasteiger partial charge in [-0.25, -0.2) is 0 Å². The highest BCUT2D eigenvalue weighted by molar-refractivity contribution is 5.28. The van der Waals surface area contributed by atoms with Gasteiger partial charge in [-0.1, -0.05) is 42.5 Å². The molecule has 2 heteroatoms. The van der Waals surface area contributed by atoms with E-state index >= 15 is 0 Å². The molecule has 1 aliphatic carbocycles. The molecule has 3 atom stereocenters. The molecule has 2 aliphatic rings. The van der Waals surface area contributed by atoms with Crippen molar-refractivity contribution in [3.05, 3.63) is 65.7 Å². The monoisotopic (exact) mass is 321 g/mol. The first-order valence-corrected chi connectivity index (χ1v) is 9.22. The molecule has 2 fully saturated rings. The zero-order chi connectivity index (χ0) is 16.4.